The molecule has 1 atom stereocenters. The molecule has 2 fully saturated rings. The maximum absolute atomic E-state index is 11.4. The first kappa shape index (κ1) is 18.0. The Hall–Kier alpha value is -0.0900. The average Bonchev–Trinajstić information content (AvgIpc) is 3.04. The Morgan fingerprint density at radius 2 is 2.15 bits per heavy atom. The maximum Gasteiger partial charge on any atom is 0.191 e. The molecule has 1 unspecified atom stereocenters. The molecule has 8 heteroatoms. The third kappa shape index (κ3) is 5.36. The zero-order valence-electron chi connectivity index (χ0n) is 12.0. The third-order valence-corrected chi connectivity index (χ3v) is 4.80. The summed E-state index contributed by atoms with van der Waals surface area (Å²) in [6.07, 6.45) is 3.30. The molecule has 118 valence electrons. The predicted molar refractivity (Wildman–Crippen MR) is 90.3 cm³/mol. The van der Waals surface area contributed by atoms with Crippen LogP contribution in [0.2, 0.25) is 0 Å². The van der Waals surface area contributed by atoms with Crippen LogP contribution in [0.3, 0.4) is 0 Å². The normalized spacial score (nSPS) is 26.0. The molecule has 2 N–H and O–H groups in total. The van der Waals surface area contributed by atoms with Crippen molar-refractivity contribution in [1.29, 1.82) is 0 Å². The van der Waals surface area contributed by atoms with Gasteiger partial charge in [-0.1, -0.05) is 0 Å². The number of hydrogen-bond donors (Lipinski definition) is 1. The highest BCUT2D eigenvalue weighted by Gasteiger charge is 2.45. The lowest BCUT2D eigenvalue weighted by Crippen LogP contribution is -2.48. The van der Waals surface area contributed by atoms with Gasteiger partial charge in [0.2, 0.25) is 0 Å². The Labute approximate surface area is 138 Å². The molecule has 0 bridgehead atoms. The number of halogens is 1. The lowest BCUT2D eigenvalue weighted by molar-refractivity contribution is 0.00527. The van der Waals surface area contributed by atoms with Crippen molar-refractivity contribution in [3.63, 3.8) is 0 Å². The molecule has 1 aliphatic carbocycles. The Balaban J connectivity index is 0.00000200. The average molecular weight is 417 g/mol. The molecule has 1 heterocycles. The molecule has 0 aromatic rings. The minimum absolute atomic E-state index is 0. The van der Waals surface area contributed by atoms with Crippen molar-refractivity contribution >= 4 is 39.8 Å². The van der Waals surface area contributed by atoms with Gasteiger partial charge in [0.25, 0.3) is 0 Å². The minimum atomic E-state index is -2.94. The van der Waals surface area contributed by atoms with E-state index >= 15 is 0 Å². The van der Waals surface area contributed by atoms with E-state index in [1.54, 1.807) is 0 Å². The first-order valence-electron chi connectivity index (χ1n) is 6.64. The largest absolute Gasteiger partial charge is 0.375 e. The number of aliphatic imine (C=N–C) groups is 1. The molecular formula is C12H24IN3O3S. The fourth-order valence-electron chi connectivity index (χ4n) is 2.46. The molecule has 0 aromatic heterocycles. The van der Waals surface area contributed by atoms with Gasteiger partial charge in [0.15, 0.2) is 5.96 Å². The van der Waals surface area contributed by atoms with E-state index in [0.29, 0.717) is 19.1 Å². The second kappa shape index (κ2) is 6.78. The van der Waals surface area contributed by atoms with Crippen LogP contribution < -0.4 is 5.73 Å². The van der Waals surface area contributed by atoms with Gasteiger partial charge in [-0.05, 0) is 19.8 Å². The van der Waals surface area contributed by atoms with Crippen molar-refractivity contribution in [2.24, 2.45) is 16.1 Å². The molecule has 0 spiro atoms. The Morgan fingerprint density at radius 3 is 2.65 bits per heavy atom. The number of hydrogen-bond acceptors (Lipinski definition) is 4. The van der Waals surface area contributed by atoms with Crippen LogP contribution in [0.1, 0.15) is 19.8 Å². The van der Waals surface area contributed by atoms with Gasteiger partial charge >= 0.3 is 0 Å². The van der Waals surface area contributed by atoms with E-state index in [1.165, 1.54) is 6.26 Å². The number of morpholine rings is 1. The number of nitrogens with two attached hydrogens (primary N) is 1. The van der Waals surface area contributed by atoms with Crippen molar-refractivity contribution in [3.8, 4) is 0 Å². The highest BCUT2D eigenvalue weighted by molar-refractivity contribution is 14.0. The number of ether oxygens (including phenoxy) is 1. The van der Waals surface area contributed by atoms with Crippen LogP contribution in [0, 0.1) is 5.41 Å². The number of sulfone groups is 1. The predicted octanol–water partition coefficient (Wildman–Crippen LogP) is 0.465. The third-order valence-electron chi connectivity index (χ3n) is 3.67. The Morgan fingerprint density at radius 1 is 1.50 bits per heavy atom. The summed E-state index contributed by atoms with van der Waals surface area (Å²) in [7, 11) is -2.94. The van der Waals surface area contributed by atoms with Gasteiger partial charge in [0, 0.05) is 31.3 Å². The first-order chi connectivity index (χ1) is 8.80. The smallest absolute Gasteiger partial charge is 0.191 e. The lowest BCUT2D eigenvalue weighted by Gasteiger charge is -2.32. The summed E-state index contributed by atoms with van der Waals surface area (Å²) in [6, 6.07) is 0. The molecule has 0 amide bonds. The van der Waals surface area contributed by atoms with Crippen LogP contribution in [0.15, 0.2) is 4.99 Å². The highest BCUT2D eigenvalue weighted by Crippen LogP contribution is 2.46. The monoisotopic (exact) mass is 417 g/mol. The van der Waals surface area contributed by atoms with Crippen molar-refractivity contribution in [2.75, 3.05) is 38.2 Å². The van der Waals surface area contributed by atoms with Gasteiger partial charge in [-0.2, -0.15) is 0 Å². The van der Waals surface area contributed by atoms with E-state index in [-0.39, 0.29) is 41.2 Å². The molecule has 20 heavy (non-hydrogen) atoms. The number of nitrogens with zero attached hydrogens (tertiary/aromatic N) is 2. The number of rotatable bonds is 4. The van der Waals surface area contributed by atoms with E-state index in [9.17, 15) is 8.42 Å². The van der Waals surface area contributed by atoms with Crippen LogP contribution in [-0.2, 0) is 14.6 Å². The summed E-state index contributed by atoms with van der Waals surface area (Å²) in [5.74, 6) is 0.728. The molecule has 1 saturated carbocycles. The molecule has 2 aliphatic rings. The highest BCUT2D eigenvalue weighted by atomic mass is 127. The molecule has 1 saturated heterocycles. The Kier molecular flexibility index (Phi) is 6.09. The molecule has 6 nitrogen and oxygen atoms in total. The van der Waals surface area contributed by atoms with Gasteiger partial charge in [-0.3, -0.25) is 4.99 Å². The van der Waals surface area contributed by atoms with Crippen LogP contribution in [0.4, 0.5) is 0 Å². The van der Waals surface area contributed by atoms with Gasteiger partial charge in [0.05, 0.1) is 18.5 Å². The van der Waals surface area contributed by atoms with E-state index < -0.39 is 9.84 Å². The second-order valence-electron chi connectivity index (χ2n) is 5.87. The van der Waals surface area contributed by atoms with Crippen LogP contribution in [-0.4, -0.2) is 63.6 Å². The minimum Gasteiger partial charge on any atom is -0.375 e. The fraction of sp³-hybridized carbons (Fsp3) is 0.917. The molecule has 1 aliphatic heterocycles. The van der Waals surface area contributed by atoms with E-state index in [0.717, 1.165) is 25.9 Å². The summed E-state index contributed by atoms with van der Waals surface area (Å²) < 4.78 is 28.2. The van der Waals surface area contributed by atoms with Crippen LogP contribution in [0.25, 0.3) is 0 Å². The summed E-state index contributed by atoms with van der Waals surface area (Å²) in [6.45, 7) is 4.67. The van der Waals surface area contributed by atoms with Gasteiger partial charge in [0.1, 0.15) is 9.84 Å². The molecule has 2 rings (SSSR count). The van der Waals surface area contributed by atoms with E-state index in [1.807, 2.05) is 11.8 Å². The lowest BCUT2D eigenvalue weighted by atomic mass is 10.1. The maximum atomic E-state index is 11.4. The standard InChI is InChI=1S/C12H23N3O3S.HI/c1-10-7-15(5-6-18-10)11(13)14-8-12(3-4-12)9-19(2,16)17;/h10H,3-9H2,1-2H3,(H2,13,14);1H. The van der Waals surface area contributed by atoms with E-state index in [2.05, 4.69) is 4.99 Å². The summed E-state index contributed by atoms with van der Waals surface area (Å²) in [5.41, 5.74) is 5.82. The summed E-state index contributed by atoms with van der Waals surface area (Å²) in [5, 5.41) is 0. The quantitative estimate of drug-likeness (QED) is 0.408. The van der Waals surface area contributed by atoms with Crippen LogP contribution in [0.5, 0.6) is 0 Å². The zero-order chi connectivity index (χ0) is 14.1. The first-order valence-corrected chi connectivity index (χ1v) is 8.70. The van der Waals surface area contributed by atoms with Crippen LogP contribution >= 0.6 is 24.0 Å². The topological polar surface area (TPSA) is 85.0 Å². The fourth-order valence-corrected chi connectivity index (χ4v) is 3.95. The van der Waals surface area contributed by atoms with E-state index in [4.69, 9.17) is 10.5 Å². The molecule has 0 radical (unpaired) electrons. The summed E-state index contributed by atoms with van der Waals surface area (Å²) >= 11 is 0. The summed E-state index contributed by atoms with van der Waals surface area (Å²) in [4.78, 5) is 6.41. The van der Waals surface area contributed by atoms with Crippen molar-refractivity contribution in [2.45, 2.75) is 25.9 Å². The van der Waals surface area contributed by atoms with Crippen molar-refractivity contribution < 1.29 is 13.2 Å². The van der Waals surface area contributed by atoms with Crippen molar-refractivity contribution in [1.82, 2.24) is 4.90 Å². The zero-order valence-corrected chi connectivity index (χ0v) is 15.2. The number of guanidine groups is 1. The molecular weight excluding hydrogens is 393 g/mol. The van der Waals surface area contributed by atoms with Gasteiger partial charge in [-0.15, -0.1) is 24.0 Å². The van der Waals surface area contributed by atoms with Gasteiger partial charge in [-0.25, -0.2) is 8.42 Å². The second-order valence-corrected chi connectivity index (χ2v) is 8.01. The Bertz CT molecular complexity index is 463. The molecule has 0 aromatic carbocycles. The SMILES string of the molecule is CC1CN(C(N)=NCC2(CS(C)(=O)=O)CC2)CCO1.I. The van der Waals surface area contributed by atoms with Gasteiger partial charge < -0.3 is 15.4 Å². The van der Waals surface area contributed by atoms with Crippen molar-refractivity contribution in [3.05, 3.63) is 0 Å².